The molecule has 0 unspecified atom stereocenters. The number of carbonyl (C=O) groups excluding carboxylic acids is 1. The Kier molecular flexibility index (Phi) is 2.30. The molecule has 2 aromatic rings. The van der Waals surface area contributed by atoms with Crippen molar-refractivity contribution in [1.29, 1.82) is 0 Å². The molecule has 0 aliphatic rings. The molecule has 0 saturated heterocycles. The van der Waals surface area contributed by atoms with E-state index >= 15 is 0 Å². The normalized spacial score (nSPS) is 12.0. The van der Waals surface area contributed by atoms with Gasteiger partial charge in [-0.15, -0.1) is 0 Å². The molecule has 0 saturated carbocycles. The number of carbonyl (C=O) groups is 1. The average molecular weight is 217 g/mol. The maximum Gasteiger partial charge on any atom is 0.229 e. The number of fused-ring (bicyclic) bond motifs is 1. The van der Waals surface area contributed by atoms with Gasteiger partial charge in [-0.3, -0.25) is 9.36 Å². The van der Waals surface area contributed by atoms with Crippen LogP contribution in [0.4, 0.5) is 0 Å². The molecule has 0 fully saturated rings. The second kappa shape index (κ2) is 3.40. The number of hydrogen-bond donors (Lipinski definition) is 0. The van der Waals surface area contributed by atoms with Gasteiger partial charge in [-0.05, 0) is 12.1 Å². The maximum absolute atomic E-state index is 11.7. The van der Waals surface area contributed by atoms with Crippen molar-refractivity contribution < 1.29 is 4.79 Å². The Hall–Kier alpha value is -1.71. The summed E-state index contributed by atoms with van der Waals surface area (Å²) in [4.78, 5) is 20.3. The van der Waals surface area contributed by atoms with Crippen LogP contribution >= 0.6 is 0 Å². The third-order valence-electron chi connectivity index (χ3n) is 2.42. The van der Waals surface area contributed by atoms with Crippen LogP contribution in [-0.2, 0) is 5.41 Å². The highest BCUT2D eigenvalue weighted by Crippen LogP contribution is 2.25. The Bertz CT molecular complexity index is 549. The van der Waals surface area contributed by atoms with Gasteiger partial charge in [0.15, 0.2) is 5.65 Å². The number of nitrogens with zero attached hydrogens (tertiary/aromatic N) is 3. The van der Waals surface area contributed by atoms with E-state index in [0.29, 0.717) is 5.65 Å². The van der Waals surface area contributed by atoms with Gasteiger partial charge in [0.1, 0.15) is 5.82 Å². The average Bonchev–Trinajstić information content (AvgIpc) is 2.55. The number of rotatable bonds is 0. The van der Waals surface area contributed by atoms with E-state index < -0.39 is 0 Å². The second-order valence-corrected chi connectivity index (χ2v) is 4.89. The first-order valence-corrected chi connectivity index (χ1v) is 5.26. The first-order valence-electron chi connectivity index (χ1n) is 5.26. The molecule has 0 atom stereocenters. The predicted octanol–water partition coefficient (Wildman–Crippen LogP) is 2.39. The summed E-state index contributed by atoms with van der Waals surface area (Å²) in [7, 11) is 0. The van der Waals surface area contributed by atoms with Gasteiger partial charge >= 0.3 is 0 Å². The number of hydrogen-bond acceptors (Lipinski definition) is 3. The van der Waals surface area contributed by atoms with Crippen LogP contribution in [0.3, 0.4) is 0 Å². The second-order valence-electron chi connectivity index (χ2n) is 4.89. The summed E-state index contributed by atoms with van der Waals surface area (Å²) < 4.78 is 1.64. The Morgan fingerprint density at radius 1 is 1.38 bits per heavy atom. The molecule has 0 N–H and O–H groups in total. The van der Waals surface area contributed by atoms with E-state index in [1.807, 2.05) is 32.9 Å². The van der Waals surface area contributed by atoms with Gasteiger partial charge < -0.3 is 0 Å². The summed E-state index contributed by atoms with van der Waals surface area (Å²) in [6.07, 6.45) is 1.69. The molecule has 0 amide bonds. The zero-order valence-electron chi connectivity index (χ0n) is 9.98. The zero-order valence-corrected chi connectivity index (χ0v) is 9.98. The lowest BCUT2D eigenvalue weighted by molar-refractivity contribution is 0.0934. The lowest BCUT2D eigenvalue weighted by atomic mass is 9.95. The third-order valence-corrected chi connectivity index (χ3v) is 2.42. The fourth-order valence-electron chi connectivity index (χ4n) is 1.74. The summed E-state index contributed by atoms with van der Waals surface area (Å²) in [6, 6.07) is 3.68. The molecule has 2 aromatic heterocycles. The van der Waals surface area contributed by atoms with Crippen LogP contribution < -0.4 is 0 Å². The van der Waals surface area contributed by atoms with Gasteiger partial charge in [-0.25, -0.2) is 9.97 Å². The summed E-state index contributed by atoms with van der Waals surface area (Å²) in [5.74, 6) is 0.731. The van der Waals surface area contributed by atoms with Gasteiger partial charge in [-0.2, -0.15) is 0 Å². The van der Waals surface area contributed by atoms with Gasteiger partial charge in [-0.1, -0.05) is 20.8 Å². The molecule has 0 aromatic carbocycles. The van der Waals surface area contributed by atoms with Crippen molar-refractivity contribution in [3.63, 3.8) is 0 Å². The standard InChI is InChI=1S/C12H15N3O/c1-8(16)15-9-6-5-7-13-10(9)14-11(15)12(2,3)4/h5-7H,1-4H3. The van der Waals surface area contributed by atoms with E-state index in [1.165, 1.54) is 0 Å². The molecule has 0 aliphatic carbocycles. The quantitative estimate of drug-likeness (QED) is 0.680. The number of aromatic nitrogens is 3. The molecular weight excluding hydrogens is 202 g/mol. The fraction of sp³-hybridized carbons (Fsp3) is 0.417. The molecular formula is C12H15N3O. The molecule has 2 rings (SSSR count). The van der Waals surface area contributed by atoms with Crippen LogP contribution in [0.15, 0.2) is 18.3 Å². The monoisotopic (exact) mass is 217 g/mol. The highest BCUT2D eigenvalue weighted by molar-refractivity contribution is 5.88. The third kappa shape index (κ3) is 1.60. The number of imidazole rings is 1. The van der Waals surface area contributed by atoms with Crippen LogP contribution in [0.1, 0.15) is 38.3 Å². The van der Waals surface area contributed by atoms with Crippen LogP contribution in [0.25, 0.3) is 11.2 Å². The summed E-state index contributed by atoms with van der Waals surface area (Å²) in [5.41, 5.74) is 1.23. The summed E-state index contributed by atoms with van der Waals surface area (Å²) >= 11 is 0. The van der Waals surface area contributed by atoms with E-state index in [-0.39, 0.29) is 11.3 Å². The van der Waals surface area contributed by atoms with Crippen LogP contribution in [0.2, 0.25) is 0 Å². The van der Waals surface area contributed by atoms with Gasteiger partial charge in [0, 0.05) is 18.5 Å². The minimum absolute atomic E-state index is 0.0274. The Morgan fingerprint density at radius 2 is 2.06 bits per heavy atom. The minimum atomic E-state index is -0.174. The zero-order chi connectivity index (χ0) is 11.9. The smallest absolute Gasteiger partial charge is 0.229 e. The van der Waals surface area contributed by atoms with Crippen LogP contribution in [-0.4, -0.2) is 20.4 Å². The van der Waals surface area contributed by atoms with Crippen molar-refractivity contribution in [2.24, 2.45) is 0 Å². The summed E-state index contributed by atoms with van der Waals surface area (Å²) in [6.45, 7) is 7.65. The molecule has 0 spiro atoms. The van der Waals surface area contributed by atoms with Crippen molar-refractivity contribution in [2.75, 3.05) is 0 Å². The molecule has 2 heterocycles. The maximum atomic E-state index is 11.7. The number of pyridine rings is 1. The molecule has 4 nitrogen and oxygen atoms in total. The van der Waals surface area contributed by atoms with Crippen molar-refractivity contribution in [1.82, 2.24) is 14.5 Å². The topological polar surface area (TPSA) is 47.8 Å². The Balaban J connectivity index is 2.84. The van der Waals surface area contributed by atoms with E-state index in [9.17, 15) is 4.79 Å². The van der Waals surface area contributed by atoms with Gasteiger partial charge in [0.2, 0.25) is 5.91 Å². The van der Waals surface area contributed by atoms with Crippen molar-refractivity contribution >= 4 is 17.1 Å². The Morgan fingerprint density at radius 3 is 2.62 bits per heavy atom. The molecule has 0 bridgehead atoms. The van der Waals surface area contributed by atoms with Crippen molar-refractivity contribution in [3.8, 4) is 0 Å². The predicted molar refractivity (Wildman–Crippen MR) is 62.5 cm³/mol. The lowest BCUT2D eigenvalue weighted by Crippen LogP contribution is -2.21. The minimum Gasteiger partial charge on any atom is -0.274 e. The fourth-order valence-corrected chi connectivity index (χ4v) is 1.74. The van der Waals surface area contributed by atoms with E-state index in [2.05, 4.69) is 9.97 Å². The Labute approximate surface area is 94.3 Å². The first-order chi connectivity index (χ1) is 7.41. The highest BCUT2D eigenvalue weighted by atomic mass is 16.1. The molecule has 16 heavy (non-hydrogen) atoms. The summed E-state index contributed by atoms with van der Waals surface area (Å²) in [5, 5.41) is 0. The van der Waals surface area contributed by atoms with Gasteiger partial charge in [0.05, 0.1) is 5.52 Å². The largest absolute Gasteiger partial charge is 0.274 e. The van der Waals surface area contributed by atoms with E-state index in [0.717, 1.165) is 11.3 Å². The molecule has 0 radical (unpaired) electrons. The highest BCUT2D eigenvalue weighted by Gasteiger charge is 2.24. The lowest BCUT2D eigenvalue weighted by Gasteiger charge is -2.18. The van der Waals surface area contributed by atoms with Gasteiger partial charge in [0.25, 0.3) is 0 Å². The van der Waals surface area contributed by atoms with Crippen molar-refractivity contribution in [2.45, 2.75) is 33.1 Å². The van der Waals surface area contributed by atoms with E-state index in [4.69, 9.17) is 0 Å². The van der Waals surface area contributed by atoms with E-state index in [1.54, 1.807) is 17.7 Å². The van der Waals surface area contributed by atoms with Crippen LogP contribution in [0, 0.1) is 0 Å². The molecule has 4 heteroatoms. The molecule has 0 aliphatic heterocycles. The first kappa shape index (κ1) is 10.8. The SMILES string of the molecule is CC(=O)n1c(C(C)(C)C)nc2ncccc21. The van der Waals surface area contributed by atoms with Crippen molar-refractivity contribution in [3.05, 3.63) is 24.2 Å². The molecule has 84 valence electrons. The van der Waals surface area contributed by atoms with Crippen LogP contribution in [0.5, 0.6) is 0 Å².